The number of carbonyl (C=O) groups is 2. The number of amides is 2. The first-order valence-electron chi connectivity index (χ1n) is 10.5. The van der Waals surface area contributed by atoms with E-state index < -0.39 is 0 Å². The van der Waals surface area contributed by atoms with Crippen molar-refractivity contribution in [1.29, 1.82) is 0 Å². The van der Waals surface area contributed by atoms with Crippen LogP contribution >= 0.6 is 0 Å². The standard InChI is InChI=1S/C24H25N5O2/c1-24(2,3)29-18-8-5-4-7-17(18)26-23(29)27-21(30)16-10-9-15-13-20-22(31)25-11-6-12-28(20)19(15)14-16/h4-5,7-10,13-14H,6,11-12H2,1-3H3,(H,25,31)(H,26,27,30). The number of aryl methyl sites for hydroxylation is 1. The molecule has 7 nitrogen and oxygen atoms in total. The van der Waals surface area contributed by atoms with Crippen LogP contribution in [0.1, 0.15) is 48.0 Å². The molecule has 7 heteroatoms. The molecule has 158 valence electrons. The minimum atomic E-state index is -0.255. The smallest absolute Gasteiger partial charge is 0.267 e. The number of hydrogen-bond acceptors (Lipinski definition) is 3. The molecule has 0 bridgehead atoms. The van der Waals surface area contributed by atoms with Crippen molar-refractivity contribution in [3.05, 3.63) is 59.8 Å². The van der Waals surface area contributed by atoms with Crippen molar-refractivity contribution in [2.24, 2.45) is 0 Å². The summed E-state index contributed by atoms with van der Waals surface area (Å²) in [6, 6.07) is 15.3. The Morgan fingerprint density at radius 1 is 1.10 bits per heavy atom. The molecule has 0 radical (unpaired) electrons. The molecule has 5 rings (SSSR count). The van der Waals surface area contributed by atoms with Crippen molar-refractivity contribution in [1.82, 2.24) is 19.4 Å². The number of carbonyl (C=O) groups excluding carboxylic acids is 2. The Bertz CT molecular complexity index is 1340. The monoisotopic (exact) mass is 415 g/mol. The molecule has 31 heavy (non-hydrogen) atoms. The third kappa shape index (κ3) is 3.26. The van der Waals surface area contributed by atoms with E-state index >= 15 is 0 Å². The van der Waals surface area contributed by atoms with Gasteiger partial charge < -0.3 is 14.5 Å². The molecule has 2 N–H and O–H groups in total. The highest BCUT2D eigenvalue weighted by molar-refractivity contribution is 6.07. The normalized spacial score (nSPS) is 14.4. The van der Waals surface area contributed by atoms with E-state index in [1.807, 2.05) is 51.6 Å². The average Bonchev–Trinajstić information content (AvgIpc) is 3.22. The number of benzene rings is 2. The molecule has 0 atom stereocenters. The number of para-hydroxylation sites is 2. The number of aromatic nitrogens is 3. The molecule has 0 aliphatic carbocycles. The highest BCUT2D eigenvalue weighted by Gasteiger charge is 2.24. The lowest BCUT2D eigenvalue weighted by atomic mass is 10.1. The summed E-state index contributed by atoms with van der Waals surface area (Å²) in [5.41, 5.74) is 3.62. The van der Waals surface area contributed by atoms with Crippen LogP contribution in [-0.2, 0) is 12.1 Å². The molecule has 1 aliphatic heterocycles. The molecule has 0 spiro atoms. The average molecular weight is 415 g/mol. The van der Waals surface area contributed by atoms with Gasteiger partial charge in [-0.15, -0.1) is 0 Å². The lowest BCUT2D eigenvalue weighted by Gasteiger charge is -2.24. The summed E-state index contributed by atoms with van der Waals surface area (Å²) >= 11 is 0. The molecule has 0 saturated carbocycles. The van der Waals surface area contributed by atoms with E-state index in [0.29, 0.717) is 23.8 Å². The SMILES string of the molecule is CC(C)(C)n1c(NC(=O)c2ccc3cc4n(c3c2)CCCNC4=O)nc2ccccc21. The summed E-state index contributed by atoms with van der Waals surface area (Å²) in [4.78, 5) is 30.2. The van der Waals surface area contributed by atoms with Gasteiger partial charge in [0.15, 0.2) is 0 Å². The number of fused-ring (bicyclic) bond motifs is 4. The van der Waals surface area contributed by atoms with E-state index in [4.69, 9.17) is 0 Å². The molecule has 2 aromatic carbocycles. The second-order valence-electron chi connectivity index (χ2n) is 8.95. The van der Waals surface area contributed by atoms with E-state index in [2.05, 4.69) is 36.4 Å². The van der Waals surface area contributed by atoms with Gasteiger partial charge >= 0.3 is 0 Å². The summed E-state index contributed by atoms with van der Waals surface area (Å²) in [5.74, 6) is 0.224. The Morgan fingerprint density at radius 3 is 2.71 bits per heavy atom. The van der Waals surface area contributed by atoms with Crippen molar-refractivity contribution >= 4 is 39.7 Å². The first-order chi connectivity index (χ1) is 14.8. The zero-order chi connectivity index (χ0) is 21.8. The summed E-state index contributed by atoms with van der Waals surface area (Å²) in [6.07, 6.45) is 0.856. The van der Waals surface area contributed by atoms with Gasteiger partial charge in [-0.1, -0.05) is 18.2 Å². The summed E-state index contributed by atoms with van der Waals surface area (Å²) in [6.45, 7) is 7.66. The molecule has 0 fully saturated rings. The van der Waals surface area contributed by atoms with Gasteiger partial charge in [0.1, 0.15) is 5.69 Å². The van der Waals surface area contributed by atoms with Crippen LogP contribution in [0.3, 0.4) is 0 Å². The van der Waals surface area contributed by atoms with Crippen LogP contribution in [0.15, 0.2) is 48.5 Å². The molecule has 2 amide bonds. The van der Waals surface area contributed by atoms with Gasteiger partial charge in [-0.25, -0.2) is 4.98 Å². The van der Waals surface area contributed by atoms with Crippen molar-refractivity contribution in [2.75, 3.05) is 11.9 Å². The van der Waals surface area contributed by atoms with E-state index in [1.54, 1.807) is 6.07 Å². The predicted molar refractivity (Wildman–Crippen MR) is 122 cm³/mol. The van der Waals surface area contributed by atoms with E-state index in [1.165, 1.54) is 0 Å². The van der Waals surface area contributed by atoms with Gasteiger partial charge in [0.2, 0.25) is 5.95 Å². The van der Waals surface area contributed by atoms with Crippen molar-refractivity contribution in [3.8, 4) is 0 Å². The first-order valence-corrected chi connectivity index (χ1v) is 10.5. The van der Waals surface area contributed by atoms with Crippen LogP contribution in [0.4, 0.5) is 5.95 Å². The van der Waals surface area contributed by atoms with Crippen LogP contribution in [0.2, 0.25) is 0 Å². The third-order valence-electron chi connectivity index (χ3n) is 5.70. The molecule has 1 aliphatic rings. The summed E-state index contributed by atoms with van der Waals surface area (Å²) in [5, 5.41) is 6.87. The maximum atomic E-state index is 13.2. The molecular formula is C24H25N5O2. The molecular weight excluding hydrogens is 390 g/mol. The quantitative estimate of drug-likeness (QED) is 0.516. The van der Waals surface area contributed by atoms with Gasteiger partial charge in [-0.2, -0.15) is 0 Å². The van der Waals surface area contributed by atoms with Gasteiger partial charge in [0.05, 0.1) is 11.0 Å². The Hall–Kier alpha value is -3.61. The number of anilines is 1. The zero-order valence-corrected chi connectivity index (χ0v) is 17.9. The molecule has 0 unspecified atom stereocenters. The van der Waals surface area contributed by atoms with Gasteiger partial charge in [0, 0.05) is 35.1 Å². The summed E-state index contributed by atoms with van der Waals surface area (Å²) < 4.78 is 4.05. The predicted octanol–water partition coefficient (Wildman–Crippen LogP) is 4.13. The number of rotatable bonds is 2. The van der Waals surface area contributed by atoms with Gasteiger partial charge in [0.25, 0.3) is 11.8 Å². The fourth-order valence-electron chi connectivity index (χ4n) is 4.32. The Kier molecular flexibility index (Phi) is 4.36. The Labute approximate surface area is 180 Å². The second kappa shape index (κ2) is 6.97. The fraction of sp³-hybridized carbons (Fsp3) is 0.292. The second-order valence-corrected chi connectivity index (χ2v) is 8.95. The lowest BCUT2D eigenvalue weighted by molar-refractivity contribution is 0.0950. The van der Waals surface area contributed by atoms with Crippen LogP contribution in [0.5, 0.6) is 0 Å². The fourth-order valence-corrected chi connectivity index (χ4v) is 4.32. The van der Waals surface area contributed by atoms with Gasteiger partial charge in [-0.05, 0) is 57.5 Å². The van der Waals surface area contributed by atoms with Crippen molar-refractivity contribution < 1.29 is 9.59 Å². The lowest BCUT2D eigenvalue weighted by Crippen LogP contribution is -2.25. The van der Waals surface area contributed by atoms with Gasteiger partial charge in [-0.3, -0.25) is 14.9 Å². The van der Waals surface area contributed by atoms with Crippen LogP contribution in [-0.4, -0.2) is 32.5 Å². The van der Waals surface area contributed by atoms with E-state index in [0.717, 1.165) is 34.9 Å². The van der Waals surface area contributed by atoms with E-state index in [-0.39, 0.29) is 17.4 Å². The van der Waals surface area contributed by atoms with Crippen LogP contribution in [0, 0.1) is 0 Å². The number of nitrogens with zero attached hydrogens (tertiary/aromatic N) is 3. The topological polar surface area (TPSA) is 81.0 Å². The zero-order valence-electron chi connectivity index (χ0n) is 17.9. The minimum absolute atomic E-state index is 0.0707. The maximum Gasteiger partial charge on any atom is 0.267 e. The van der Waals surface area contributed by atoms with E-state index in [9.17, 15) is 9.59 Å². The number of nitrogens with one attached hydrogen (secondary N) is 2. The number of hydrogen-bond donors (Lipinski definition) is 2. The molecule has 0 saturated heterocycles. The summed E-state index contributed by atoms with van der Waals surface area (Å²) in [7, 11) is 0. The molecule has 3 heterocycles. The molecule has 2 aromatic heterocycles. The van der Waals surface area contributed by atoms with Crippen molar-refractivity contribution in [3.63, 3.8) is 0 Å². The Balaban J connectivity index is 1.54. The van der Waals surface area contributed by atoms with Crippen molar-refractivity contribution in [2.45, 2.75) is 39.3 Å². The largest absolute Gasteiger partial charge is 0.351 e. The maximum absolute atomic E-state index is 13.2. The van der Waals surface area contributed by atoms with Crippen LogP contribution in [0.25, 0.3) is 21.9 Å². The number of imidazole rings is 1. The highest BCUT2D eigenvalue weighted by Crippen LogP contribution is 2.29. The minimum Gasteiger partial charge on any atom is -0.351 e. The Morgan fingerprint density at radius 2 is 1.90 bits per heavy atom. The molecule has 4 aromatic rings. The first kappa shape index (κ1) is 19.4. The highest BCUT2D eigenvalue weighted by atomic mass is 16.2. The van der Waals surface area contributed by atoms with Crippen LogP contribution < -0.4 is 10.6 Å². The third-order valence-corrected chi connectivity index (χ3v) is 5.70.